The molecule has 0 saturated carbocycles. The van der Waals surface area contributed by atoms with E-state index in [-0.39, 0.29) is 16.9 Å². The molecule has 0 fully saturated rings. The second-order valence-corrected chi connectivity index (χ2v) is 15.5. The molecule has 2 aliphatic carbocycles. The molecule has 3 heteroatoms. The van der Waals surface area contributed by atoms with Gasteiger partial charge in [-0.05, 0) is 118 Å². The second-order valence-electron chi connectivity index (χ2n) is 15.5. The van der Waals surface area contributed by atoms with E-state index in [0.29, 0.717) is 0 Å². The minimum Gasteiger partial charge on any atom is -0.333 e. The largest absolute Gasteiger partial charge is 0.333 e. The Balaban J connectivity index is 1.04. The number of benzene rings is 6. The number of hydrogen-bond donors (Lipinski definition) is 0. The van der Waals surface area contributed by atoms with Crippen LogP contribution in [0.25, 0.3) is 27.8 Å². The first-order valence-corrected chi connectivity index (χ1v) is 18.9. The maximum absolute atomic E-state index is 4.35. The minimum absolute atomic E-state index is 0.0929. The SMILES string of the molecule is CC1(C)c2ccccc2-c2ccc(N(c3ccc(C4=CC5(C)c6ccccc6N(c6ccccc6)[C@H]5C=C4)cc3)c3ccc(-c4cccnc4)cc3)cc21. The van der Waals surface area contributed by atoms with Crippen molar-refractivity contribution in [2.24, 2.45) is 0 Å². The van der Waals surface area contributed by atoms with Gasteiger partial charge in [-0.25, -0.2) is 0 Å². The number of allylic oxidation sites excluding steroid dienone is 2. The number of rotatable bonds is 6. The molecule has 10 rings (SSSR count). The number of fused-ring (bicyclic) bond motifs is 6. The Hall–Kier alpha value is -6.45. The lowest BCUT2D eigenvalue weighted by Crippen LogP contribution is -2.39. The van der Waals surface area contributed by atoms with E-state index in [0.717, 1.165) is 28.2 Å². The zero-order chi connectivity index (χ0) is 36.4. The molecule has 7 aromatic rings. The van der Waals surface area contributed by atoms with Crippen LogP contribution >= 0.6 is 0 Å². The average molecular weight is 696 g/mol. The zero-order valence-electron chi connectivity index (χ0n) is 30.8. The molecule has 6 aromatic carbocycles. The van der Waals surface area contributed by atoms with Crippen LogP contribution in [0.3, 0.4) is 0 Å². The van der Waals surface area contributed by atoms with Crippen LogP contribution in [0.2, 0.25) is 0 Å². The average Bonchev–Trinajstić information content (AvgIpc) is 3.62. The third kappa shape index (κ3) is 4.99. The summed E-state index contributed by atoms with van der Waals surface area (Å²) >= 11 is 0. The normalized spacial score (nSPS) is 18.7. The highest BCUT2D eigenvalue weighted by Gasteiger charge is 2.47. The van der Waals surface area contributed by atoms with Crippen molar-refractivity contribution in [3.05, 3.63) is 211 Å². The van der Waals surface area contributed by atoms with Crippen molar-refractivity contribution in [1.82, 2.24) is 4.98 Å². The molecule has 1 aliphatic heterocycles. The molecule has 0 saturated heterocycles. The van der Waals surface area contributed by atoms with Crippen LogP contribution in [-0.2, 0) is 10.8 Å². The fraction of sp³-hybridized carbons (Fsp3) is 0.118. The maximum Gasteiger partial charge on any atom is 0.0655 e. The van der Waals surface area contributed by atoms with E-state index >= 15 is 0 Å². The lowest BCUT2D eigenvalue weighted by atomic mass is 9.73. The van der Waals surface area contributed by atoms with Gasteiger partial charge in [-0.3, -0.25) is 4.98 Å². The number of para-hydroxylation sites is 2. The van der Waals surface area contributed by atoms with E-state index in [2.05, 4.69) is 205 Å². The molecular formula is C51H41N3. The Morgan fingerprint density at radius 2 is 1.20 bits per heavy atom. The predicted molar refractivity (Wildman–Crippen MR) is 225 cm³/mol. The topological polar surface area (TPSA) is 19.4 Å². The van der Waals surface area contributed by atoms with Gasteiger partial charge in [0.05, 0.1) is 6.04 Å². The first-order chi connectivity index (χ1) is 26.4. The third-order valence-corrected chi connectivity index (χ3v) is 12.0. The summed E-state index contributed by atoms with van der Waals surface area (Å²) in [6.45, 7) is 7.09. The van der Waals surface area contributed by atoms with Gasteiger partial charge in [0.15, 0.2) is 0 Å². The summed E-state index contributed by atoms with van der Waals surface area (Å²) in [5, 5.41) is 0. The quantitative estimate of drug-likeness (QED) is 0.173. The van der Waals surface area contributed by atoms with Gasteiger partial charge in [0.2, 0.25) is 0 Å². The van der Waals surface area contributed by atoms with Crippen LogP contribution in [0.15, 0.2) is 188 Å². The third-order valence-electron chi connectivity index (χ3n) is 12.0. The number of anilines is 5. The van der Waals surface area contributed by atoms with Crippen molar-refractivity contribution in [1.29, 1.82) is 0 Å². The molecule has 3 aliphatic rings. The molecule has 1 unspecified atom stereocenters. The minimum atomic E-state index is -0.175. The summed E-state index contributed by atoms with van der Waals surface area (Å²) in [5.41, 5.74) is 17.1. The molecule has 3 nitrogen and oxygen atoms in total. The van der Waals surface area contributed by atoms with Gasteiger partial charge in [-0.1, -0.05) is 129 Å². The maximum atomic E-state index is 4.35. The Labute approximate surface area is 318 Å². The molecule has 1 aromatic heterocycles. The van der Waals surface area contributed by atoms with Crippen molar-refractivity contribution in [2.45, 2.75) is 37.6 Å². The summed E-state index contributed by atoms with van der Waals surface area (Å²) in [6.07, 6.45) is 10.9. The summed E-state index contributed by atoms with van der Waals surface area (Å²) in [7, 11) is 0. The van der Waals surface area contributed by atoms with Crippen molar-refractivity contribution in [2.75, 3.05) is 9.80 Å². The highest BCUT2D eigenvalue weighted by molar-refractivity contribution is 5.88. The Bertz CT molecular complexity index is 2580. The summed E-state index contributed by atoms with van der Waals surface area (Å²) in [5.74, 6) is 0. The smallest absolute Gasteiger partial charge is 0.0655 e. The molecule has 2 atom stereocenters. The fourth-order valence-corrected chi connectivity index (χ4v) is 9.22. The molecule has 0 radical (unpaired) electrons. The zero-order valence-corrected chi connectivity index (χ0v) is 30.8. The fourth-order valence-electron chi connectivity index (χ4n) is 9.22. The summed E-state index contributed by atoms with van der Waals surface area (Å²) < 4.78 is 0. The van der Waals surface area contributed by atoms with Crippen LogP contribution in [-0.4, -0.2) is 11.0 Å². The van der Waals surface area contributed by atoms with Crippen molar-refractivity contribution < 1.29 is 0 Å². The van der Waals surface area contributed by atoms with Gasteiger partial charge in [0, 0.05) is 51.7 Å². The van der Waals surface area contributed by atoms with Gasteiger partial charge in [-0.15, -0.1) is 0 Å². The predicted octanol–water partition coefficient (Wildman–Crippen LogP) is 13.0. The van der Waals surface area contributed by atoms with Gasteiger partial charge < -0.3 is 9.80 Å². The van der Waals surface area contributed by atoms with Crippen LogP contribution < -0.4 is 9.80 Å². The van der Waals surface area contributed by atoms with E-state index in [1.165, 1.54) is 50.3 Å². The van der Waals surface area contributed by atoms with Gasteiger partial charge in [0.25, 0.3) is 0 Å². The van der Waals surface area contributed by atoms with Crippen LogP contribution in [0.4, 0.5) is 28.4 Å². The lowest BCUT2D eigenvalue weighted by molar-refractivity contribution is 0.553. The number of pyridine rings is 1. The molecule has 54 heavy (non-hydrogen) atoms. The molecular weight excluding hydrogens is 655 g/mol. The van der Waals surface area contributed by atoms with E-state index in [1.54, 1.807) is 0 Å². The Morgan fingerprint density at radius 1 is 0.556 bits per heavy atom. The Kier molecular flexibility index (Phi) is 7.35. The van der Waals surface area contributed by atoms with E-state index < -0.39 is 0 Å². The van der Waals surface area contributed by atoms with Crippen LogP contribution in [0, 0.1) is 0 Å². The summed E-state index contributed by atoms with van der Waals surface area (Å²) in [6, 6.07) is 57.8. The van der Waals surface area contributed by atoms with E-state index in [1.807, 2.05) is 18.5 Å². The molecule has 2 heterocycles. The first kappa shape index (κ1) is 32.2. The molecule has 260 valence electrons. The van der Waals surface area contributed by atoms with Crippen molar-refractivity contribution in [3.63, 3.8) is 0 Å². The summed E-state index contributed by atoms with van der Waals surface area (Å²) in [4.78, 5) is 9.24. The lowest BCUT2D eigenvalue weighted by Gasteiger charge is -2.36. The molecule has 0 spiro atoms. The first-order valence-electron chi connectivity index (χ1n) is 18.9. The second kappa shape index (κ2) is 12.3. The highest BCUT2D eigenvalue weighted by atomic mass is 15.2. The van der Waals surface area contributed by atoms with Crippen molar-refractivity contribution in [3.8, 4) is 22.3 Å². The van der Waals surface area contributed by atoms with Crippen LogP contribution in [0.1, 0.15) is 43.0 Å². The number of hydrogen-bond acceptors (Lipinski definition) is 3. The van der Waals surface area contributed by atoms with Gasteiger partial charge in [0.1, 0.15) is 0 Å². The Morgan fingerprint density at radius 3 is 1.94 bits per heavy atom. The van der Waals surface area contributed by atoms with E-state index in [9.17, 15) is 0 Å². The van der Waals surface area contributed by atoms with Gasteiger partial charge in [-0.2, -0.15) is 0 Å². The number of aromatic nitrogens is 1. The highest BCUT2D eigenvalue weighted by Crippen LogP contribution is 2.53. The van der Waals surface area contributed by atoms with Crippen molar-refractivity contribution >= 4 is 34.0 Å². The standard InChI is InChI=1S/C51H41N3/c1-50(2)45-16-8-7-15-43(45)44-29-28-42(32-47(44)50)53(41-26-21-36(22-27-41)38-12-11-31-52-34-38)40-24-19-35(20-25-40)37-23-30-49-51(3,33-37)46-17-9-10-18-48(46)54(49)39-13-5-4-6-14-39/h4-34,49H,1-3H3/t49-,51?/m0/s1. The number of nitrogens with zero attached hydrogens (tertiary/aromatic N) is 3. The van der Waals surface area contributed by atoms with Crippen LogP contribution in [0.5, 0.6) is 0 Å². The monoisotopic (exact) mass is 695 g/mol. The molecule has 0 amide bonds. The van der Waals surface area contributed by atoms with Gasteiger partial charge >= 0.3 is 0 Å². The van der Waals surface area contributed by atoms with E-state index in [4.69, 9.17) is 0 Å². The molecule has 0 N–H and O–H groups in total. The molecule has 0 bridgehead atoms.